The highest BCUT2D eigenvalue weighted by molar-refractivity contribution is 7.18. The van der Waals surface area contributed by atoms with Crippen LogP contribution in [0.15, 0.2) is 9.59 Å². The Hall–Kier alpha value is -1.89. The molecule has 1 aliphatic carbocycles. The first-order chi connectivity index (χ1) is 9.47. The van der Waals surface area contributed by atoms with Gasteiger partial charge in [0.1, 0.15) is 11.4 Å². The summed E-state index contributed by atoms with van der Waals surface area (Å²) in [4.78, 5) is 39.4. The molecule has 6 nitrogen and oxygen atoms in total. The van der Waals surface area contributed by atoms with Crippen molar-refractivity contribution in [3.63, 3.8) is 0 Å². The van der Waals surface area contributed by atoms with Gasteiger partial charge < -0.3 is 5.11 Å². The lowest BCUT2D eigenvalue weighted by Gasteiger charge is -2.17. The maximum atomic E-state index is 12.4. The number of thiophene rings is 1. The smallest absolute Gasteiger partial charge is 0.329 e. The molecule has 3 rings (SSSR count). The van der Waals surface area contributed by atoms with Crippen molar-refractivity contribution in [1.82, 2.24) is 9.55 Å². The monoisotopic (exact) mass is 294 g/mol. The van der Waals surface area contributed by atoms with E-state index in [2.05, 4.69) is 11.9 Å². The Kier molecular flexibility index (Phi) is 3.01. The number of hydrogen-bond donors (Lipinski definition) is 2. The van der Waals surface area contributed by atoms with Crippen LogP contribution in [0.25, 0.3) is 10.2 Å². The Morgan fingerprint density at radius 3 is 2.95 bits per heavy atom. The topological polar surface area (TPSA) is 92.2 Å². The number of rotatable bonds is 2. The average molecular weight is 294 g/mol. The van der Waals surface area contributed by atoms with E-state index in [0.29, 0.717) is 16.1 Å². The van der Waals surface area contributed by atoms with Gasteiger partial charge in [-0.25, -0.2) is 9.36 Å². The highest BCUT2D eigenvalue weighted by atomic mass is 32.1. The summed E-state index contributed by atoms with van der Waals surface area (Å²) < 4.78 is 0.761. The molecule has 0 fully saturated rings. The van der Waals surface area contributed by atoms with Crippen LogP contribution in [0.1, 0.15) is 23.8 Å². The number of carboxylic acid groups (broad SMARTS) is 1. The molecule has 7 heteroatoms. The second-order valence-electron chi connectivity index (χ2n) is 5.27. The predicted molar refractivity (Wildman–Crippen MR) is 75.5 cm³/mol. The Labute approximate surface area is 117 Å². The number of aryl methyl sites for hydroxylation is 1. The van der Waals surface area contributed by atoms with Crippen molar-refractivity contribution < 1.29 is 9.90 Å². The third kappa shape index (κ3) is 1.98. The number of fused-ring (bicyclic) bond motifs is 3. The molecule has 2 aromatic heterocycles. The zero-order valence-electron chi connectivity index (χ0n) is 10.9. The van der Waals surface area contributed by atoms with Crippen LogP contribution in [0.3, 0.4) is 0 Å². The molecule has 2 heterocycles. The summed E-state index contributed by atoms with van der Waals surface area (Å²) in [6.07, 6.45) is 2.80. The van der Waals surface area contributed by atoms with Crippen LogP contribution in [0.2, 0.25) is 0 Å². The molecule has 0 radical (unpaired) electrons. The summed E-state index contributed by atoms with van der Waals surface area (Å²) in [7, 11) is 0. The van der Waals surface area contributed by atoms with Crippen molar-refractivity contribution in [3.05, 3.63) is 31.3 Å². The van der Waals surface area contributed by atoms with Crippen molar-refractivity contribution in [3.8, 4) is 0 Å². The molecule has 0 saturated carbocycles. The summed E-state index contributed by atoms with van der Waals surface area (Å²) >= 11 is 1.44. The van der Waals surface area contributed by atoms with Crippen LogP contribution in [-0.4, -0.2) is 20.6 Å². The van der Waals surface area contributed by atoms with Gasteiger partial charge in [0.05, 0.1) is 5.39 Å². The Morgan fingerprint density at radius 1 is 1.50 bits per heavy atom. The molecule has 1 unspecified atom stereocenters. The molecule has 106 valence electrons. The van der Waals surface area contributed by atoms with Crippen LogP contribution in [0.5, 0.6) is 0 Å². The van der Waals surface area contributed by atoms with E-state index in [9.17, 15) is 14.4 Å². The minimum Gasteiger partial charge on any atom is -0.480 e. The largest absolute Gasteiger partial charge is 0.480 e. The molecule has 0 saturated heterocycles. The van der Waals surface area contributed by atoms with Crippen LogP contribution < -0.4 is 11.2 Å². The van der Waals surface area contributed by atoms with Crippen molar-refractivity contribution in [1.29, 1.82) is 0 Å². The number of nitrogens with one attached hydrogen (secondary N) is 1. The molecule has 2 aromatic rings. The predicted octanol–water partition coefficient (Wildman–Crippen LogP) is 0.961. The summed E-state index contributed by atoms with van der Waals surface area (Å²) in [5.41, 5.74) is -0.154. The van der Waals surface area contributed by atoms with Gasteiger partial charge in [0.25, 0.3) is 5.56 Å². The minimum absolute atomic E-state index is 0.488. The maximum absolute atomic E-state index is 12.4. The van der Waals surface area contributed by atoms with E-state index >= 15 is 0 Å². The SMILES string of the molecule is CC1CCc2sc3[nH]c(=O)n(CC(=O)O)c(=O)c3c2C1. The van der Waals surface area contributed by atoms with Gasteiger partial charge in [0, 0.05) is 4.88 Å². The van der Waals surface area contributed by atoms with Gasteiger partial charge in [-0.3, -0.25) is 14.6 Å². The quantitative estimate of drug-likeness (QED) is 0.863. The lowest BCUT2D eigenvalue weighted by molar-refractivity contribution is -0.137. The minimum atomic E-state index is -1.20. The molecule has 0 spiro atoms. The second kappa shape index (κ2) is 4.59. The summed E-state index contributed by atoms with van der Waals surface area (Å²) in [6.45, 7) is 1.53. The van der Waals surface area contributed by atoms with Gasteiger partial charge in [0.15, 0.2) is 0 Å². The molecular formula is C13H14N2O4S. The molecule has 0 bridgehead atoms. The molecule has 0 aliphatic heterocycles. The normalized spacial score (nSPS) is 18.1. The molecule has 1 aliphatic rings. The molecule has 20 heavy (non-hydrogen) atoms. The lowest BCUT2D eigenvalue weighted by Crippen LogP contribution is -2.37. The fraction of sp³-hybridized carbons (Fsp3) is 0.462. The molecule has 1 atom stereocenters. The summed E-state index contributed by atoms with van der Waals surface area (Å²) in [5, 5.41) is 9.31. The Balaban J connectivity index is 2.30. The molecule has 0 aromatic carbocycles. The van der Waals surface area contributed by atoms with Gasteiger partial charge >= 0.3 is 11.7 Å². The molecule has 2 N–H and O–H groups in total. The first-order valence-electron chi connectivity index (χ1n) is 6.46. The third-order valence-electron chi connectivity index (χ3n) is 3.73. The average Bonchev–Trinajstić information content (AvgIpc) is 2.71. The van der Waals surface area contributed by atoms with Crippen molar-refractivity contribution in [2.24, 2.45) is 5.92 Å². The van der Waals surface area contributed by atoms with E-state index in [1.54, 1.807) is 0 Å². The van der Waals surface area contributed by atoms with E-state index in [4.69, 9.17) is 5.11 Å². The summed E-state index contributed by atoms with van der Waals surface area (Å²) in [5.74, 6) is -0.700. The van der Waals surface area contributed by atoms with Gasteiger partial charge in [-0.15, -0.1) is 11.3 Å². The zero-order valence-corrected chi connectivity index (χ0v) is 11.7. The lowest BCUT2D eigenvalue weighted by atomic mass is 9.89. The number of carbonyl (C=O) groups is 1. The fourth-order valence-electron chi connectivity index (χ4n) is 2.74. The first-order valence-corrected chi connectivity index (χ1v) is 7.28. The third-order valence-corrected chi connectivity index (χ3v) is 4.93. The highest BCUT2D eigenvalue weighted by Gasteiger charge is 2.24. The molecule has 0 amide bonds. The van der Waals surface area contributed by atoms with E-state index in [0.717, 1.165) is 34.3 Å². The zero-order chi connectivity index (χ0) is 14.4. The van der Waals surface area contributed by atoms with E-state index in [1.165, 1.54) is 11.3 Å². The van der Waals surface area contributed by atoms with Crippen molar-refractivity contribution >= 4 is 27.5 Å². The Morgan fingerprint density at radius 2 is 2.25 bits per heavy atom. The maximum Gasteiger partial charge on any atom is 0.329 e. The fourth-order valence-corrected chi connectivity index (χ4v) is 3.97. The standard InChI is InChI=1S/C13H14N2O4S/c1-6-2-3-8-7(4-6)10-11(20-8)14-13(19)15(12(10)18)5-9(16)17/h6H,2-5H2,1H3,(H,14,19)(H,16,17). The van der Waals surface area contributed by atoms with E-state index < -0.39 is 23.8 Å². The second-order valence-corrected chi connectivity index (χ2v) is 6.38. The Bertz CT molecular complexity index is 814. The highest BCUT2D eigenvalue weighted by Crippen LogP contribution is 2.35. The van der Waals surface area contributed by atoms with Crippen LogP contribution in [-0.2, 0) is 24.2 Å². The van der Waals surface area contributed by atoms with E-state index in [-0.39, 0.29) is 0 Å². The van der Waals surface area contributed by atoms with Crippen molar-refractivity contribution in [2.45, 2.75) is 32.7 Å². The number of nitrogens with zero attached hydrogens (tertiary/aromatic N) is 1. The van der Waals surface area contributed by atoms with E-state index in [1.807, 2.05) is 0 Å². The van der Waals surface area contributed by atoms with Gasteiger partial charge in [-0.1, -0.05) is 6.92 Å². The number of hydrogen-bond acceptors (Lipinski definition) is 4. The number of carboxylic acids is 1. The van der Waals surface area contributed by atoms with Gasteiger partial charge in [0.2, 0.25) is 0 Å². The van der Waals surface area contributed by atoms with Crippen LogP contribution >= 0.6 is 11.3 Å². The molecular weight excluding hydrogens is 280 g/mol. The van der Waals surface area contributed by atoms with Crippen LogP contribution in [0.4, 0.5) is 0 Å². The number of H-pyrrole nitrogens is 1. The van der Waals surface area contributed by atoms with Crippen molar-refractivity contribution in [2.75, 3.05) is 0 Å². The number of aliphatic carboxylic acids is 1. The first kappa shape index (κ1) is 13.1. The number of aromatic amines is 1. The number of aromatic nitrogens is 2. The summed E-state index contributed by atoms with van der Waals surface area (Å²) in [6, 6.07) is 0. The van der Waals surface area contributed by atoms with Gasteiger partial charge in [-0.05, 0) is 30.7 Å². The van der Waals surface area contributed by atoms with Crippen LogP contribution in [0, 0.1) is 5.92 Å². The van der Waals surface area contributed by atoms with Gasteiger partial charge in [-0.2, -0.15) is 0 Å².